The highest BCUT2D eigenvalue weighted by molar-refractivity contribution is 6.23. The van der Waals surface area contributed by atoms with Crippen molar-refractivity contribution in [2.24, 2.45) is 0 Å². The van der Waals surface area contributed by atoms with E-state index in [2.05, 4.69) is 211 Å². The first-order valence-corrected chi connectivity index (χ1v) is 19.7. The van der Waals surface area contributed by atoms with E-state index in [1.54, 1.807) is 0 Å². The van der Waals surface area contributed by atoms with Crippen LogP contribution < -0.4 is 4.90 Å². The third-order valence-electron chi connectivity index (χ3n) is 11.4. The normalized spacial score (nSPS) is 11.9. The maximum absolute atomic E-state index is 2.50. The van der Waals surface area contributed by atoms with Crippen molar-refractivity contribution in [3.05, 3.63) is 197 Å². The quantitative estimate of drug-likeness (QED) is 0.0823. The summed E-state index contributed by atoms with van der Waals surface area (Å²) in [5.74, 6) is 1.41. The van der Waals surface area contributed by atoms with Crippen LogP contribution >= 0.6 is 0 Å². The van der Waals surface area contributed by atoms with Crippen molar-refractivity contribution >= 4 is 49.4 Å². The van der Waals surface area contributed by atoms with Crippen molar-refractivity contribution in [1.82, 2.24) is 0 Å². The van der Waals surface area contributed by atoms with Gasteiger partial charge in [0, 0.05) is 28.1 Å². The molecule has 0 fully saturated rings. The van der Waals surface area contributed by atoms with Gasteiger partial charge in [-0.05, 0) is 104 Å². The minimum atomic E-state index is 0.0119. The molecule has 1 nitrogen and oxygen atoms in total. The molecule has 0 atom stereocenters. The molecule has 0 spiro atoms. The van der Waals surface area contributed by atoms with Gasteiger partial charge in [-0.2, -0.15) is 0 Å². The van der Waals surface area contributed by atoms with E-state index in [-0.39, 0.29) is 5.92 Å². The van der Waals surface area contributed by atoms with Gasteiger partial charge in [0.2, 0.25) is 0 Å². The lowest BCUT2D eigenvalue weighted by Gasteiger charge is -2.32. The van der Waals surface area contributed by atoms with Gasteiger partial charge >= 0.3 is 0 Å². The summed E-state index contributed by atoms with van der Waals surface area (Å²) >= 11 is 0. The molecule has 0 aliphatic rings. The zero-order chi connectivity index (χ0) is 37.5. The molecule has 0 aliphatic heterocycles. The lowest BCUT2D eigenvalue weighted by atomic mass is 9.78. The van der Waals surface area contributed by atoms with Gasteiger partial charge in [0.25, 0.3) is 0 Å². The summed E-state index contributed by atoms with van der Waals surface area (Å²) in [6.45, 7) is 15.8. The molecule has 54 heavy (non-hydrogen) atoms. The van der Waals surface area contributed by atoms with E-state index in [0.717, 1.165) is 11.4 Å². The number of aryl methyl sites for hydroxylation is 1. The number of hydrogen-bond donors (Lipinski definition) is 0. The Balaban J connectivity index is 1.52. The molecule has 8 aromatic rings. The average Bonchev–Trinajstić information content (AvgIpc) is 3.19. The molecule has 0 N–H and O–H groups in total. The van der Waals surface area contributed by atoms with Crippen molar-refractivity contribution in [3.63, 3.8) is 0 Å². The molecule has 1 heteroatoms. The Kier molecular flexibility index (Phi) is 9.59. The van der Waals surface area contributed by atoms with Gasteiger partial charge in [-0.25, -0.2) is 0 Å². The first kappa shape index (κ1) is 35.4. The van der Waals surface area contributed by atoms with Crippen LogP contribution in [0.5, 0.6) is 0 Å². The third kappa shape index (κ3) is 6.47. The van der Waals surface area contributed by atoms with Crippen molar-refractivity contribution in [3.8, 4) is 0 Å². The van der Waals surface area contributed by atoms with E-state index in [4.69, 9.17) is 0 Å². The Morgan fingerprint density at radius 2 is 0.796 bits per heavy atom. The number of nitrogens with zero attached hydrogens (tertiary/aromatic N) is 1. The average molecular weight is 702 g/mol. The lowest BCUT2D eigenvalue weighted by Crippen LogP contribution is -2.13. The Hall–Kier alpha value is -5.66. The fraction of sp³-hybridized carbons (Fsp3) is 0.208. The van der Waals surface area contributed by atoms with Crippen LogP contribution in [0, 0.1) is 6.92 Å². The molecule has 8 aromatic carbocycles. The van der Waals surface area contributed by atoms with Crippen LogP contribution in [0.3, 0.4) is 0 Å². The monoisotopic (exact) mass is 701 g/mol. The van der Waals surface area contributed by atoms with Gasteiger partial charge in [0.15, 0.2) is 0 Å². The van der Waals surface area contributed by atoms with Crippen molar-refractivity contribution in [1.29, 1.82) is 0 Å². The van der Waals surface area contributed by atoms with Crippen LogP contribution in [0.2, 0.25) is 0 Å². The summed E-state index contributed by atoms with van der Waals surface area (Å²) in [7, 11) is 0. The summed E-state index contributed by atoms with van der Waals surface area (Å²) in [6, 6.07) is 59.9. The maximum atomic E-state index is 2.50. The Morgan fingerprint density at radius 3 is 1.31 bits per heavy atom. The summed E-state index contributed by atoms with van der Waals surface area (Å²) in [6.07, 6.45) is 0. The van der Waals surface area contributed by atoms with Crippen molar-refractivity contribution < 1.29 is 0 Å². The first-order chi connectivity index (χ1) is 26.2. The highest BCUT2D eigenvalue weighted by Gasteiger charge is 2.28. The summed E-state index contributed by atoms with van der Waals surface area (Å²) in [4.78, 5) is 2.50. The van der Waals surface area contributed by atoms with Crippen LogP contribution in [0.15, 0.2) is 158 Å². The van der Waals surface area contributed by atoms with Gasteiger partial charge in [-0.1, -0.05) is 181 Å². The molecule has 0 bridgehead atoms. The third-order valence-corrected chi connectivity index (χ3v) is 11.4. The van der Waals surface area contributed by atoms with Crippen LogP contribution in [-0.4, -0.2) is 0 Å². The second-order valence-corrected chi connectivity index (χ2v) is 16.0. The minimum Gasteiger partial charge on any atom is -0.309 e. The lowest BCUT2D eigenvalue weighted by molar-refractivity contribution is 0.859. The number of hydrogen-bond acceptors (Lipinski definition) is 1. The molecule has 0 aromatic heterocycles. The highest BCUT2D eigenvalue weighted by Crippen LogP contribution is 2.51. The summed E-state index contributed by atoms with van der Waals surface area (Å²) < 4.78 is 0. The van der Waals surface area contributed by atoms with E-state index < -0.39 is 0 Å². The van der Waals surface area contributed by atoms with E-state index in [1.807, 2.05) is 0 Å². The first-order valence-electron chi connectivity index (χ1n) is 19.7. The molecule has 0 radical (unpaired) electrons. The second-order valence-electron chi connectivity index (χ2n) is 16.0. The predicted octanol–water partition coefficient (Wildman–Crippen LogP) is 15.5. The Morgan fingerprint density at radius 1 is 0.370 bits per heavy atom. The smallest absolute Gasteiger partial charge is 0.0618 e. The van der Waals surface area contributed by atoms with Gasteiger partial charge in [0.1, 0.15) is 0 Å². The molecular weight excluding hydrogens is 651 g/mol. The Bertz CT molecular complexity index is 2500. The van der Waals surface area contributed by atoms with E-state index in [9.17, 15) is 0 Å². The van der Waals surface area contributed by atoms with Crippen LogP contribution in [0.25, 0.3) is 32.3 Å². The molecular formula is C53H51N. The van der Waals surface area contributed by atoms with Gasteiger partial charge in [0.05, 0.1) is 5.69 Å². The van der Waals surface area contributed by atoms with Crippen LogP contribution in [-0.2, 0) is 0 Å². The van der Waals surface area contributed by atoms with Gasteiger partial charge < -0.3 is 4.90 Å². The number of rotatable bonds is 9. The molecule has 0 aliphatic carbocycles. The Labute approximate surface area is 321 Å². The van der Waals surface area contributed by atoms with Gasteiger partial charge in [-0.3, -0.25) is 0 Å². The molecule has 8 rings (SSSR count). The van der Waals surface area contributed by atoms with E-state index >= 15 is 0 Å². The number of fused-ring (bicyclic) bond motifs is 4. The zero-order valence-corrected chi connectivity index (χ0v) is 32.8. The van der Waals surface area contributed by atoms with Crippen molar-refractivity contribution in [2.45, 2.75) is 72.1 Å². The SMILES string of the molecule is Cc1ccc(N(c2ccc(C(C)C)cc2)c2c3ccccc3c(C(c3ccc(C(C)C)cc3)c3ccc(C(C)C)cc3)c3c2ccc2ccccc23)cc1. The molecule has 268 valence electrons. The maximum Gasteiger partial charge on any atom is 0.0618 e. The number of anilines is 3. The topological polar surface area (TPSA) is 3.24 Å². The predicted molar refractivity (Wildman–Crippen MR) is 234 cm³/mol. The second kappa shape index (κ2) is 14.6. The van der Waals surface area contributed by atoms with Crippen LogP contribution in [0.1, 0.15) is 104 Å². The fourth-order valence-corrected chi connectivity index (χ4v) is 8.29. The molecule has 0 unspecified atom stereocenters. The standard InChI is InChI=1S/C53H51N/c1-34(2)38-18-22-42(23-19-38)50(43-24-20-39(21-25-43)35(3)4)52-47-14-10-11-15-48(47)53(49-33-28-41-12-8-9-13-46(41)51(49)52)54(44-29-16-37(7)17-30-44)45-31-26-40(27-32-45)36(5)6/h8-36,50H,1-7H3. The molecule has 0 amide bonds. The molecule has 0 saturated heterocycles. The largest absolute Gasteiger partial charge is 0.309 e. The van der Waals surface area contributed by atoms with Crippen LogP contribution in [0.4, 0.5) is 17.1 Å². The molecule has 0 saturated carbocycles. The van der Waals surface area contributed by atoms with E-state index in [1.165, 1.54) is 76.9 Å². The van der Waals surface area contributed by atoms with Gasteiger partial charge in [-0.15, -0.1) is 0 Å². The van der Waals surface area contributed by atoms with E-state index in [0.29, 0.717) is 17.8 Å². The zero-order valence-electron chi connectivity index (χ0n) is 32.8. The molecule has 0 heterocycles. The summed E-state index contributed by atoms with van der Waals surface area (Å²) in [5.41, 5.74) is 12.8. The number of benzene rings is 8. The highest BCUT2D eigenvalue weighted by atomic mass is 15.1. The summed E-state index contributed by atoms with van der Waals surface area (Å²) in [5, 5.41) is 7.60. The fourth-order valence-electron chi connectivity index (χ4n) is 8.29. The van der Waals surface area contributed by atoms with Crippen molar-refractivity contribution in [2.75, 3.05) is 4.90 Å². The minimum absolute atomic E-state index is 0.0119.